The predicted octanol–water partition coefficient (Wildman–Crippen LogP) is -0.121. The largest absolute Gasteiger partial charge is 0.466 e. The quantitative estimate of drug-likeness (QED) is 0.648. The molecule has 7 heteroatoms. The number of esters is 1. The van der Waals surface area contributed by atoms with Gasteiger partial charge in [0.05, 0.1) is 18.8 Å². The predicted molar refractivity (Wildman–Crippen MR) is 63.2 cm³/mol. The zero-order valence-corrected chi connectivity index (χ0v) is 11.2. The molecule has 17 heavy (non-hydrogen) atoms. The Kier molecular flexibility index (Phi) is 6.79. The van der Waals surface area contributed by atoms with Crippen LogP contribution in [-0.4, -0.2) is 45.0 Å². The average Bonchev–Trinajstić information content (AvgIpc) is 2.12. The zero-order chi connectivity index (χ0) is 13.5. The number of sulfone groups is 1. The van der Waals surface area contributed by atoms with E-state index in [2.05, 4.69) is 10.1 Å². The first-order valence-electron chi connectivity index (χ1n) is 5.37. The van der Waals surface area contributed by atoms with Gasteiger partial charge in [0.1, 0.15) is 9.84 Å². The van der Waals surface area contributed by atoms with Crippen molar-refractivity contribution in [2.45, 2.75) is 32.7 Å². The van der Waals surface area contributed by atoms with Crippen LogP contribution in [-0.2, 0) is 24.2 Å². The summed E-state index contributed by atoms with van der Waals surface area (Å²) in [6.45, 7) is 3.57. The van der Waals surface area contributed by atoms with Crippen molar-refractivity contribution in [3.05, 3.63) is 0 Å². The van der Waals surface area contributed by atoms with Gasteiger partial charge >= 0.3 is 5.97 Å². The van der Waals surface area contributed by atoms with E-state index in [0.29, 0.717) is 0 Å². The minimum Gasteiger partial charge on any atom is -0.466 e. The van der Waals surface area contributed by atoms with Gasteiger partial charge in [-0.1, -0.05) is 0 Å². The van der Waals surface area contributed by atoms with E-state index in [1.807, 2.05) is 0 Å². The van der Waals surface area contributed by atoms with Gasteiger partial charge < -0.3 is 10.1 Å². The molecule has 0 spiro atoms. The summed E-state index contributed by atoms with van der Waals surface area (Å²) < 4.78 is 26.6. The molecule has 1 atom stereocenters. The van der Waals surface area contributed by atoms with Crippen LogP contribution < -0.4 is 5.32 Å². The number of amides is 1. The zero-order valence-electron chi connectivity index (χ0n) is 10.4. The van der Waals surface area contributed by atoms with E-state index in [1.165, 1.54) is 0 Å². The molecule has 1 amide bonds. The highest BCUT2D eigenvalue weighted by Crippen LogP contribution is 1.96. The second kappa shape index (κ2) is 7.26. The van der Waals surface area contributed by atoms with Gasteiger partial charge in [-0.25, -0.2) is 8.42 Å². The van der Waals surface area contributed by atoms with Crippen molar-refractivity contribution in [1.82, 2.24) is 5.32 Å². The minimum atomic E-state index is -3.12. The number of carbonyl (C=O) groups is 2. The van der Waals surface area contributed by atoms with Crippen molar-refractivity contribution in [3.63, 3.8) is 0 Å². The summed E-state index contributed by atoms with van der Waals surface area (Å²) in [6, 6.07) is -0.459. The Morgan fingerprint density at radius 3 is 2.35 bits per heavy atom. The minimum absolute atomic E-state index is 0.00523. The number of nitrogens with one attached hydrogen (secondary N) is 1. The van der Waals surface area contributed by atoms with Gasteiger partial charge in [-0.05, 0) is 13.8 Å². The highest BCUT2D eigenvalue weighted by atomic mass is 32.2. The van der Waals surface area contributed by atoms with E-state index in [9.17, 15) is 18.0 Å². The van der Waals surface area contributed by atoms with E-state index in [1.54, 1.807) is 13.8 Å². The van der Waals surface area contributed by atoms with Crippen LogP contribution in [0.3, 0.4) is 0 Å². The van der Waals surface area contributed by atoms with E-state index in [-0.39, 0.29) is 31.1 Å². The fraction of sp³-hybridized carbons (Fsp3) is 0.800. The molecular formula is C10H19NO5S. The summed E-state index contributed by atoms with van der Waals surface area (Å²) in [7, 11) is -3.12. The molecule has 0 aliphatic rings. The Hall–Kier alpha value is -1.11. The van der Waals surface area contributed by atoms with Crippen LogP contribution in [0, 0.1) is 0 Å². The van der Waals surface area contributed by atoms with Crippen LogP contribution in [0.5, 0.6) is 0 Å². The van der Waals surface area contributed by atoms with Crippen molar-refractivity contribution in [2.24, 2.45) is 0 Å². The normalized spacial score (nSPS) is 12.9. The monoisotopic (exact) mass is 265 g/mol. The molecule has 100 valence electrons. The molecule has 0 aromatic heterocycles. The van der Waals surface area contributed by atoms with E-state index >= 15 is 0 Å². The molecule has 1 unspecified atom stereocenters. The van der Waals surface area contributed by atoms with Crippen LogP contribution in [0.2, 0.25) is 0 Å². The van der Waals surface area contributed by atoms with Crippen LogP contribution in [0.4, 0.5) is 0 Å². The highest BCUT2D eigenvalue weighted by Gasteiger charge is 2.14. The van der Waals surface area contributed by atoms with Gasteiger partial charge in [-0.3, -0.25) is 9.59 Å². The maximum Gasteiger partial charge on any atom is 0.306 e. The maximum atomic E-state index is 11.3. The Morgan fingerprint density at radius 1 is 1.29 bits per heavy atom. The second-order valence-electron chi connectivity index (χ2n) is 3.87. The molecule has 0 saturated carbocycles. The van der Waals surface area contributed by atoms with Gasteiger partial charge in [-0.15, -0.1) is 0 Å². The van der Waals surface area contributed by atoms with Crippen molar-refractivity contribution in [1.29, 1.82) is 0 Å². The van der Waals surface area contributed by atoms with Crippen molar-refractivity contribution in [2.75, 3.05) is 18.6 Å². The lowest BCUT2D eigenvalue weighted by molar-refractivity contribution is -0.144. The van der Waals surface area contributed by atoms with Gasteiger partial charge in [-0.2, -0.15) is 0 Å². The molecule has 0 aromatic carbocycles. The van der Waals surface area contributed by atoms with Crippen molar-refractivity contribution < 1.29 is 22.7 Å². The standard InChI is InChI=1S/C10H19NO5S/c1-4-16-10(13)6-5-9(12)11-8(2)7-17(3,14)15/h8H,4-7H2,1-3H3,(H,11,12). The summed E-state index contributed by atoms with van der Waals surface area (Å²) >= 11 is 0. The van der Waals surface area contributed by atoms with E-state index in [4.69, 9.17) is 0 Å². The third-order valence-electron chi connectivity index (χ3n) is 1.82. The number of hydrogen-bond acceptors (Lipinski definition) is 5. The van der Waals surface area contributed by atoms with Crippen LogP contribution in [0.15, 0.2) is 0 Å². The molecule has 0 aliphatic carbocycles. The maximum absolute atomic E-state index is 11.3. The molecule has 0 aliphatic heterocycles. The Bertz CT molecular complexity index is 363. The Balaban J connectivity index is 3.90. The summed E-state index contributed by atoms with van der Waals surface area (Å²) in [5, 5.41) is 2.51. The molecule has 6 nitrogen and oxygen atoms in total. The van der Waals surface area contributed by atoms with Gasteiger partial charge in [0, 0.05) is 18.7 Å². The lowest BCUT2D eigenvalue weighted by Crippen LogP contribution is -2.37. The lowest BCUT2D eigenvalue weighted by atomic mass is 10.3. The molecular weight excluding hydrogens is 246 g/mol. The fourth-order valence-electron chi connectivity index (χ4n) is 1.29. The van der Waals surface area contributed by atoms with E-state index < -0.39 is 21.8 Å². The average molecular weight is 265 g/mol. The number of ether oxygens (including phenoxy) is 1. The summed E-state index contributed by atoms with van der Waals surface area (Å²) in [4.78, 5) is 22.3. The number of hydrogen-bond donors (Lipinski definition) is 1. The first-order chi connectivity index (χ1) is 7.74. The molecule has 0 rings (SSSR count). The third kappa shape index (κ3) is 9.80. The van der Waals surface area contributed by atoms with Crippen LogP contribution in [0.1, 0.15) is 26.7 Å². The lowest BCUT2D eigenvalue weighted by Gasteiger charge is -2.12. The first-order valence-corrected chi connectivity index (χ1v) is 7.43. The molecule has 0 saturated heterocycles. The molecule has 0 bridgehead atoms. The molecule has 0 radical (unpaired) electrons. The van der Waals surface area contributed by atoms with Gasteiger partial charge in [0.25, 0.3) is 0 Å². The Morgan fingerprint density at radius 2 is 1.88 bits per heavy atom. The third-order valence-corrected chi connectivity index (χ3v) is 2.93. The molecule has 0 heterocycles. The number of carbonyl (C=O) groups excluding carboxylic acids is 2. The van der Waals surface area contributed by atoms with Crippen LogP contribution >= 0.6 is 0 Å². The van der Waals surface area contributed by atoms with Gasteiger partial charge in [0.2, 0.25) is 5.91 Å². The second-order valence-corrected chi connectivity index (χ2v) is 6.05. The molecule has 0 aromatic rings. The number of rotatable bonds is 7. The topological polar surface area (TPSA) is 89.5 Å². The SMILES string of the molecule is CCOC(=O)CCC(=O)NC(C)CS(C)(=O)=O. The fourth-order valence-corrected chi connectivity index (χ4v) is 2.28. The van der Waals surface area contributed by atoms with Crippen molar-refractivity contribution >= 4 is 21.7 Å². The van der Waals surface area contributed by atoms with Gasteiger partial charge in [0.15, 0.2) is 0 Å². The summed E-state index contributed by atoms with van der Waals surface area (Å²) in [5.41, 5.74) is 0. The highest BCUT2D eigenvalue weighted by molar-refractivity contribution is 7.90. The molecule has 0 fully saturated rings. The summed E-state index contributed by atoms with van der Waals surface area (Å²) in [5.74, 6) is -0.898. The Labute approximate surface area is 102 Å². The van der Waals surface area contributed by atoms with Crippen LogP contribution in [0.25, 0.3) is 0 Å². The van der Waals surface area contributed by atoms with E-state index in [0.717, 1.165) is 6.26 Å². The smallest absolute Gasteiger partial charge is 0.306 e. The van der Waals surface area contributed by atoms with Crippen molar-refractivity contribution in [3.8, 4) is 0 Å². The summed E-state index contributed by atoms with van der Waals surface area (Å²) in [6.07, 6.45) is 1.12. The first kappa shape index (κ1) is 15.9. The molecule has 1 N–H and O–H groups in total.